The summed E-state index contributed by atoms with van der Waals surface area (Å²) < 4.78 is 12.3. The van der Waals surface area contributed by atoms with Gasteiger partial charge in [-0.25, -0.2) is 4.79 Å². The van der Waals surface area contributed by atoms with Gasteiger partial charge in [-0.2, -0.15) is 5.10 Å². The van der Waals surface area contributed by atoms with Crippen molar-refractivity contribution >= 4 is 11.7 Å². The van der Waals surface area contributed by atoms with Gasteiger partial charge >= 0.3 is 6.03 Å². The smallest absolute Gasteiger partial charge is 0.322 e. The van der Waals surface area contributed by atoms with Crippen LogP contribution in [0.3, 0.4) is 0 Å². The average molecular weight is 330 g/mol. The Morgan fingerprint density at radius 3 is 2.71 bits per heavy atom. The van der Waals surface area contributed by atoms with Gasteiger partial charge in [-0.05, 0) is 31.0 Å². The van der Waals surface area contributed by atoms with E-state index in [0.717, 1.165) is 17.8 Å². The fraction of sp³-hybridized carbons (Fsp3) is 0.412. The zero-order chi connectivity index (χ0) is 17.3. The fourth-order valence-corrected chi connectivity index (χ4v) is 3.07. The quantitative estimate of drug-likeness (QED) is 0.938. The van der Waals surface area contributed by atoms with Crippen molar-refractivity contribution in [2.75, 3.05) is 26.1 Å². The van der Waals surface area contributed by atoms with Crippen LogP contribution in [0.5, 0.6) is 11.5 Å². The van der Waals surface area contributed by atoms with Crippen LogP contribution >= 0.6 is 0 Å². The molecular formula is C17H22N4O3. The largest absolute Gasteiger partial charge is 0.493 e. The van der Waals surface area contributed by atoms with Crippen LogP contribution in [-0.2, 0) is 20.0 Å². The molecule has 1 aromatic heterocycles. The maximum absolute atomic E-state index is 12.6. The fourth-order valence-electron chi connectivity index (χ4n) is 3.07. The number of amides is 2. The standard InChI is InChI=1S/C17H22N4O3/c1-11-13-7-8-21(10-14(13)20(2)19-11)17(22)18-12-5-6-15(23-3)16(9-12)24-4/h5-6,9H,7-8,10H2,1-4H3,(H,18,22). The molecule has 0 saturated carbocycles. The Morgan fingerprint density at radius 1 is 1.25 bits per heavy atom. The lowest BCUT2D eigenvalue weighted by Crippen LogP contribution is -2.39. The molecule has 0 aliphatic carbocycles. The second kappa shape index (κ2) is 6.43. The van der Waals surface area contributed by atoms with E-state index >= 15 is 0 Å². The molecule has 0 atom stereocenters. The monoisotopic (exact) mass is 330 g/mol. The van der Waals surface area contributed by atoms with Crippen molar-refractivity contribution in [3.05, 3.63) is 35.2 Å². The molecule has 0 spiro atoms. The van der Waals surface area contributed by atoms with Gasteiger partial charge in [0.1, 0.15) is 0 Å². The van der Waals surface area contributed by atoms with E-state index in [1.54, 1.807) is 37.3 Å². The molecule has 0 fully saturated rings. The number of nitrogens with one attached hydrogen (secondary N) is 1. The lowest BCUT2D eigenvalue weighted by atomic mass is 10.1. The lowest BCUT2D eigenvalue weighted by Gasteiger charge is -2.27. The number of aromatic nitrogens is 2. The molecule has 1 aliphatic rings. The molecule has 0 bridgehead atoms. The minimum Gasteiger partial charge on any atom is -0.493 e. The first-order chi connectivity index (χ1) is 11.5. The molecule has 0 saturated heterocycles. The van der Waals surface area contributed by atoms with E-state index in [2.05, 4.69) is 10.4 Å². The van der Waals surface area contributed by atoms with Crippen LogP contribution in [0.4, 0.5) is 10.5 Å². The number of hydrogen-bond acceptors (Lipinski definition) is 4. The Morgan fingerprint density at radius 2 is 2.00 bits per heavy atom. The van der Waals surface area contributed by atoms with Crippen LogP contribution in [0.15, 0.2) is 18.2 Å². The van der Waals surface area contributed by atoms with E-state index in [0.29, 0.717) is 30.3 Å². The van der Waals surface area contributed by atoms with Gasteiger partial charge in [-0.3, -0.25) is 4.68 Å². The van der Waals surface area contributed by atoms with Gasteiger partial charge in [-0.1, -0.05) is 0 Å². The van der Waals surface area contributed by atoms with Crippen LogP contribution in [-0.4, -0.2) is 41.5 Å². The number of methoxy groups -OCH3 is 2. The summed E-state index contributed by atoms with van der Waals surface area (Å²) in [6.07, 6.45) is 0.828. The SMILES string of the molecule is COc1ccc(NC(=O)N2CCc3c(C)nn(C)c3C2)cc1OC. The van der Waals surface area contributed by atoms with Crippen LogP contribution in [0.2, 0.25) is 0 Å². The van der Waals surface area contributed by atoms with Gasteiger partial charge in [0, 0.05) is 25.3 Å². The maximum Gasteiger partial charge on any atom is 0.322 e. The highest BCUT2D eigenvalue weighted by Crippen LogP contribution is 2.30. The molecule has 1 aliphatic heterocycles. The van der Waals surface area contributed by atoms with Gasteiger partial charge in [0.15, 0.2) is 11.5 Å². The molecule has 1 N–H and O–H groups in total. The van der Waals surface area contributed by atoms with E-state index in [4.69, 9.17) is 9.47 Å². The Kier molecular flexibility index (Phi) is 4.33. The number of benzene rings is 1. The Labute approximate surface area is 141 Å². The zero-order valence-corrected chi connectivity index (χ0v) is 14.4. The van der Waals surface area contributed by atoms with E-state index in [1.165, 1.54) is 5.56 Å². The van der Waals surface area contributed by atoms with E-state index in [9.17, 15) is 4.79 Å². The molecule has 24 heavy (non-hydrogen) atoms. The summed E-state index contributed by atoms with van der Waals surface area (Å²) in [4.78, 5) is 14.4. The van der Waals surface area contributed by atoms with Crippen molar-refractivity contribution in [3.63, 3.8) is 0 Å². The predicted octanol–water partition coefficient (Wildman–Crippen LogP) is 2.34. The zero-order valence-electron chi connectivity index (χ0n) is 14.4. The number of rotatable bonds is 3. The predicted molar refractivity (Wildman–Crippen MR) is 90.6 cm³/mol. The molecule has 2 heterocycles. The van der Waals surface area contributed by atoms with Gasteiger partial charge in [-0.15, -0.1) is 0 Å². The third-order valence-corrected chi connectivity index (χ3v) is 4.37. The maximum atomic E-state index is 12.6. The minimum atomic E-state index is -0.133. The lowest BCUT2D eigenvalue weighted by molar-refractivity contribution is 0.204. The first-order valence-corrected chi connectivity index (χ1v) is 7.82. The highest BCUT2D eigenvalue weighted by molar-refractivity contribution is 5.89. The molecule has 3 rings (SSSR count). The first-order valence-electron chi connectivity index (χ1n) is 7.82. The van der Waals surface area contributed by atoms with Crippen LogP contribution in [0.1, 0.15) is 17.0 Å². The van der Waals surface area contributed by atoms with Crippen molar-refractivity contribution in [2.24, 2.45) is 7.05 Å². The molecule has 2 aromatic rings. The second-order valence-corrected chi connectivity index (χ2v) is 5.81. The third-order valence-electron chi connectivity index (χ3n) is 4.37. The summed E-state index contributed by atoms with van der Waals surface area (Å²) in [5.74, 6) is 1.21. The number of nitrogens with zero attached hydrogens (tertiary/aromatic N) is 3. The van der Waals surface area contributed by atoms with Gasteiger partial charge < -0.3 is 19.7 Å². The number of aryl methyl sites for hydroxylation is 2. The highest BCUT2D eigenvalue weighted by atomic mass is 16.5. The van der Waals surface area contributed by atoms with Crippen LogP contribution < -0.4 is 14.8 Å². The Balaban J connectivity index is 1.73. The Bertz CT molecular complexity index is 769. The second-order valence-electron chi connectivity index (χ2n) is 5.81. The number of carbonyl (C=O) groups excluding carboxylic acids is 1. The van der Waals surface area contributed by atoms with Crippen LogP contribution in [0, 0.1) is 6.92 Å². The van der Waals surface area contributed by atoms with Crippen molar-refractivity contribution in [3.8, 4) is 11.5 Å². The highest BCUT2D eigenvalue weighted by Gasteiger charge is 2.25. The molecule has 1 aromatic carbocycles. The molecule has 2 amide bonds. The molecule has 0 unspecified atom stereocenters. The van der Waals surface area contributed by atoms with E-state index in [-0.39, 0.29) is 6.03 Å². The molecule has 7 nitrogen and oxygen atoms in total. The number of hydrogen-bond donors (Lipinski definition) is 1. The summed E-state index contributed by atoms with van der Waals surface area (Å²) >= 11 is 0. The summed E-state index contributed by atoms with van der Waals surface area (Å²) in [5, 5.41) is 7.36. The topological polar surface area (TPSA) is 68.6 Å². The summed E-state index contributed by atoms with van der Waals surface area (Å²) in [6.45, 7) is 3.25. The van der Waals surface area contributed by atoms with Gasteiger partial charge in [0.05, 0.1) is 32.2 Å². The summed E-state index contributed by atoms with van der Waals surface area (Å²) in [5.41, 5.74) is 4.07. The Hall–Kier alpha value is -2.70. The number of fused-ring (bicyclic) bond motifs is 1. The molecule has 7 heteroatoms. The summed E-state index contributed by atoms with van der Waals surface area (Å²) in [7, 11) is 5.07. The van der Waals surface area contributed by atoms with Gasteiger partial charge in [0.2, 0.25) is 0 Å². The molecular weight excluding hydrogens is 308 g/mol. The van der Waals surface area contributed by atoms with Crippen molar-refractivity contribution < 1.29 is 14.3 Å². The van der Waals surface area contributed by atoms with Crippen LogP contribution in [0.25, 0.3) is 0 Å². The van der Waals surface area contributed by atoms with E-state index < -0.39 is 0 Å². The van der Waals surface area contributed by atoms with E-state index in [1.807, 2.05) is 18.7 Å². The van der Waals surface area contributed by atoms with Crippen molar-refractivity contribution in [2.45, 2.75) is 19.9 Å². The number of anilines is 1. The minimum absolute atomic E-state index is 0.133. The number of urea groups is 1. The number of ether oxygens (including phenoxy) is 2. The van der Waals surface area contributed by atoms with Crippen molar-refractivity contribution in [1.29, 1.82) is 0 Å². The first kappa shape index (κ1) is 16.2. The normalized spacial score (nSPS) is 13.4. The molecule has 0 radical (unpaired) electrons. The van der Waals surface area contributed by atoms with Gasteiger partial charge in [0.25, 0.3) is 0 Å². The average Bonchev–Trinajstić information content (AvgIpc) is 2.88. The van der Waals surface area contributed by atoms with Crippen molar-refractivity contribution in [1.82, 2.24) is 14.7 Å². The molecule has 128 valence electrons. The number of carbonyl (C=O) groups is 1. The third kappa shape index (κ3) is 2.89. The summed E-state index contributed by atoms with van der Waals surface area (Å²) in [6, 6.07) is 5.18.